The van der Waals surface area contributed by atoms with E-state index < -0.39 is 5.97 Å². The Labute approximate surface area is 116 Å². The Balaban J connectivity index is 1.87. The molecule has 0 saturated carbocycles. The fourth-order valence-corrected chi connectivity index (χ4v) is 2.75. The van der Waals surface area contributed by atoms with Gasteiger partial charge in [0.1, 0.15) is 4.88 Å². The van der Waals surface area contributed by atoms with E-state index in [1.165, 1.54) is 16.9 Å². The number of hydrogen-bond donors (Lipinski definition) is 2. The third-order valence-electron chi connectivity index (χ3n) is 3.08. The molecule has 3 nitrogen and oxygen atoms in total. The van der Waals surface area contributed by atoms with E-state index in [9.17, 15) is 4.79 Å². The SMILES string of the molecule is CC(CNCc1ccsc1C(=O)O)c1ccccc1. The van der Waals surface area contributed by atoms with Crippen LogP contribution in [0.1, 0.15) is 33.6 Å². The molecule has 0 spiro atoms. The largest absolute Gasteiger partial charge is 0.477 e. The lowest BCUT2D eigenvalue weighted by Crippen LogP contribution is -2.20. The lowest BCUT2D eigenvalue weighted by atomic mass is 10.0. The van der Waals surface area contributed by atoms with Crippen LogP contribution in [0.25, 0.3) is 0 Å². The molecule has 1 aromatic heterocycles. The number of hydrogen-bond acceptors (Lipinski definition) is 3. The maximum absolute atomic E-state index is 11.0. The summed E-state index contributed by atoms with van der Waals surface area (Å²) < 4.78 is 0. The number of carboxylic acids is 1. The Morgan fingerprint density at radius 2 is 2.05 bits per heavy atom. The number of benzene rings is 1. The number of rotatable bonds is 6. The summed E-state index contributed by atoms with van der Waals surface area (Å²) in [5.74, 6) is -0.434. The summed E-state index contributed by atoms with van der Waals surface area (Å²) in [5.41, 5.74) is 2.15. The van der Waals surface area contributed by atoms with Crippen LogP contribution in [-0.2, 0) is 6.54 Å². The van der Waals surface area contributed by atoms with Crippen molar-refractivity contribution in [2.75, 3.05) is 6.54 Å². The number of thiophene rings is 1. The van der Waals surface area contributed by atoms with Crippen molar-refractivity contribution < 1.29 is 9.90 Å². The molecule has 2 aromatic rings. The predicted octanol–water partition coefficient (Wildman–Crippen LogP) is 3.34. The number of aromatic carboxylic acids is 1. The van der Waals surface area contributed by atoms with Crippen molar-refractivity contribution >= 4 is 17.3 Å². The molecule has 0 radical (unpaired) electrons. The van der Waals surface area contributed by atoms with Crippen LogP contribution in [0.3, 0.4) is 0 Å². The van der Waals surface area contributed by atoms with Crippen LogP contribution >= 0.6 is 11.3 Å². The topological polar surface area (TPSA) is 49.3 Å². The summed E-state index contributed by atoms with van der Waals surface area (Å²) in [6.07, 6.45) is 0. The molecule has 1 unspecified atom stereocenters. The molecule has 4 heteroatoms. The highest BCUT2D eigenvalue weighted by atomic mass is 32.1. The van der Waals surface area contributed by atoms with Gasteiger partial charge in [0.05, 0.1) is 0 Å². The molecule has 0 bridgehead atoms. The minimum absolute atomic E-state index is 0.410. The summed E-state index contributed by atoms with van der Waals surface area (Å²) in [6, 6.07) is 12.2. The zero-order chi connectivity index (χ0) is 13.7. The van der Waals surface area contributed by atoms with E-state index in [1.54, 1.807) is 0 Å². The van der Waals surface area contributed by atoms with Crippen LogP contribution in [0.5, 0.6) is 0 Å². The van der Waals surface area contributed by atoms with Gasteiger partial charge in [-0.15, -0.1) is 11.3 Å². The second-order valence-electron chi connectivity index (χ2n) is 4.52. The smallest absolute Gasteiger partial charge is 0.346 e. The standard InChI is InChI=1S/C15H17NO2S/c1-11(12-5-3-2-4-6-12)9-16-10-13-7-8-19-14(13)15(17)18/h2-8,11,16H,9-10H2,1H3,(H,17,18). The lowest BCUT2D eigenvalue weighted by molar-refractivity contribution is 0.0701. The Hall–Kier alpha value is -1.65. The fraction of sp³-hybridized carbons (Fsp3) is 0.267. The second kappa shape index (κ2) is 6.50. The fourth-order valence-electron chi connectivity index (χ4n) is 1.99. The van der Waals surface area contributed by atoms with Gasteiger partial charge in [-0.3, -0.25) is 0 Å². The molecule has 1 atom stereocenters. The van der Waals surface area contributed by atoms with Crippen LogP contribution in [0.2, 0.25) is 0 Å². The molecule has 0 amide bonds. The van der Waals surface area contributed by atoms with Gasteiger partial charge in [-0.2, -0.15) is 0 Å². The molecule has 1 heterocycles. The molecule has 1 aromatic carbocycles. The van der Waals surface area contributed by atoms with E-state index in [4.69, 9.17) is 5.11 Å². The van der Waals surface area contributed by atoms with Gasteiger partial charge in [-0.05, 0) is 28.5 Å². The quantitative estimate of drug-likeness (QED) is 0.850. The maximum Gasteiger partial charge on any atom is 0.346 e. The number of nitrogens with one attached hydrogen (secondary N) is 1. The minimum atomic E-state index is -0.845. The summed E-state index contributed by atoms with van der Waals surface area (Å²) in [7, 11) is 0. The monoisotopic (exact) mass is 275 g/mol. The molecule has 0 aliphatic carbocycles. The lowest BCUT2D eigenvalue weighted by Gasteiger charge is -2.12. The van der Waals surface area contributed by atoms with E-state index in [0.717, 1.165) is 12.1 Å². The van der Waals surface area contributed by atoms with Crippen molar-refractivity contribution in [2.45, 2.75) is 19.4 Å². The highest BCUT2D eigenvalue weighted by Crippen LogP contribution is 2.17. The number of carbonyl (C=O) groups is 1. The van der Waals surface area contributed by atoms with Gasteiger partial charge in [-0.1, -0.05) is 37.3 Å². The van der Waals surface area contributed by atoms with Crippen LogP contribution in [-0.4, -0.2) is 17.6 Å². The van der Waals surface area contributed by atoms with Crippen molar-refractivity contribution in [1.29, 1.82) is 0 Å². The molecule has 0 aliphatic heterocycles. The first kappa shape index (κ1) is 13.8. The third kappa shape index (κ3) is 3.66. The average molecular weight is 275 g/mol. The first-order chi connectivity index (χ1) is 9.18. The van der Waals surface area contributed by atoms with Gasteiger partial charge in [-0.25, -0.2) is 4.79 Å². The van der Waals surface area contributed by atoms with E-state index >= 15 is 0 Å². The molecule has 0 aliphatic rings. The third-order valence-corrected chi connectivity index (χ3v) is 4.02. The Morgan fingerprint density at radius 1 is 1.32 bits per heavy atom. The van der Waals surface area contributed by atoms with Crippen LogP contribution in [0.15, 0.2) is 41.8 Å². The molecular formula is C15H17NO2S. The van der Waals surface area contributed by atoms with Gasteiger partial charge < -0.3 is 10.4 Å². The maximum atomic E-state index is 11.0. The summed E-state index contributed by atoms with van der Waals surface area (Å²) in [6.45, 7) is 3.59. The minimum Gasteiger partial charge on any atom is -0.477 e. The van der Waals surface area contributed by atoms with Crippen molar-refractivity contribution in [3.8, 4) is 0 Å². The van der Waals surface area contributed by atoms with Crippen LogP contribution < -0.4 is 5.32 Å². The van der Waals surface area contributed by atoms with Gasteiger partial charge in [0, 0.05) is 13.1 Å². The summed E-state index contributed by atoms with van der Waals surface area (Å²) >= 11 is 1.27. The average Bonchev–Trinajstić information content (AvgIpc) is 2.88. The van der Waals surface area contributed by atoms with E-state index in [0.29, 0.717) is 17.3 Å². The zero-order valence-electron chi connectivity index (χ0n) is 10.8. The molecule has 2 rings (SSSR count). The second-order valence-corrected chi connectivity index (χ2v) is 5.44. The van der Waals surface area contributed by atoms with E-state index in [-0.39, 0.29) is 0 Å². The Morgan fingerprint density at radius 3 is 2.74 bits per heavy atom. The number of carboxylic acid groups (broad SMARTS) is 1. The van der Waals surface area contributed by atoms with Gasteiger partial charge in [0.25, 0.3) is 0 Å². The van der Waals surface area contributed by atoms with Gasteiger partial charge >= 0.3 is 5.97 Å². The molecule has 2 N–H and O–H groups in total. The zero-order valence-corrected chi connectivity index (χ0v) is 11.6. The molecule has 19 heavy (non-hydrogen) atoms. The van der Waals surface area contributed by atoms with Gasteiger partial charge in [0.2, 0.25) is 0 Å². The van der Waals surface area contributed by atoms with Crippen molar-refractivity contribution in [2.24, 2.45) is 0 Å². The molecule has 0 fully saturated rings. The summed E-state index contributed by atoms with van der Waals surface area (Å²) in [5, 5.41) is 14.2. The normalized spacial score (nSPS) is 12.3. The van der Waals surface area contributed by atoms with Crippen molar-refractivity contribution in [3.05, 3.63) is 57.8 Å². The Kier molecular flexibility index (Phi) is 4.71. The molecule has 100 valence electrons. The van der Waals surface area contributed by atoms with Crippen LogP contribution in [0.4, 0.5) is 0 Å². The Bertz CT molecular complexity index is 536. The van der Waals surface area contributed by atoms with Crippen LogP contribution in [0, 0.1) is 0 Å². The van der Waals surface area contributed by atoms with Crippen molar-refractivity contribution in [3.63, 3.8) is 0 Å². The van der Waals surface area contributed by atoms with E-state index in [2.05, 4.69) is 24.4 Å². The molecule has 0 saturated heterocycles. The highest BCUT2D eigenvalue weighted by Gasteiger charge is 2.11. The van der Waals surface area contributed by atoms with Gasteiger partial charge in [0.15, 0.2) is 0 Å². The highest BCUT2D eigenvalue weighted by molar-refractivity contribution is 7.12. The molecular weight excluding hydrogens is 258 g/mol. The first-order valence-electron chi connectivity index (χ1n) is 6.24. The summed E-state index contributed by atoms with van der Waals surface area (Å²) in [4.78, 5) is 11.4. The van der Waals surface area contributed by atoms with E-state index in [1.807, 2.05) is 29.6 Å². The predicted molar refractivity (Wildman–Crippen MR) is 77.8 cm³/mol. The van der Waals surface area contributed by atoms with Crippen molar-refractivity contribution in [1.82, 2.24) is 5.32 Å². The first-order valence-corrected chi connectivity index (χ1v) is 7.11.